The number of amides is 1. The summed E-state index contributed by atoms with van der Waals surface area (Å²) < 4.78 is 5.45. The normalized spacial score (nSPS) is 23.6. The van der Waals surface area contributed by atoms with Crippen LogP contribution >= 0.6 is 0 Å². The molecule has 2 N–H and O–H groups in total. The highest BCUT2D eigenvalue weighted by Gasteiger charge is 2.37. The largest absolute Gasteiger partial charge is 0.508 e. The number of aromatic hydroxyl groups is 1. The molecule has 0 saturated carbocycles. The predicted molar refractivity (Wildman–Crippen MR) is 63.5 cm³/mol. The average Bonchev–Trinajstić information content (AvgIpc) is 2.74. The summed E-state index contributed by atoms with van der Waals surface area (Å²) in [5.74, 6) is 0.124. The van der Waals surface area contributed by atoms with E-state index in [-0.39, 0.29) is 11.7 Å². The SMILES string of the molecule is CC1(C(=O)NCc2cccc(O)c2)CCCO1. The molecule has 2 rings (SSSR count). The maximum Gasteiger partial charge on any atom is 0.252 e. The first-order chi connectivity index (χ1) is 8.10. The van der Waals surface area contributed by atoms with Crippen molar-refractivity contribution in [1.82, 2.24) is 5.32 Å². The van der Waals surface area contributed by atoms with Crippen molar-refractivity contribution in [2.24, 2.45) is 0 Å². The van der Waals surface area contributed by atoms with Crippen molar-refractivity contribution < 1.29 is 14.6 Å². The van der Waals surface area contributed by atoms with Gasteiger partial charge in [-0.2, -0.15) is 0 Å². The number of hydrogen-bond donors (Lipinski definition) is 2. The Hall–Kier alpha value is -1.55. The molecular formula is C13H17NO3. The van der Waals surface area contributed by atoms with Crippen LogP contribution in [0, 0.1) is 0 Å². The topological polar surface area (TPSA) is 58.6 Å². The molecule has 17 heavy (non-hydrogen) atoms. The fourth-order valence-electron chi connectivity index (χ4n) is 1.99. The highest BCUT2D eigenvalue weighted by molar-refractivity contribution is 5.84. The lowest BCUT2D eigenvalue weighted by Gasteiger charge is -2.21. The molecule has 4 nitrogen and oxygen atoms in total. The van der Waals surface area contributed by atoms with E-state index in [1.54, 1.807) is 18.2 Å². The molecule has 1 aliphatic rings. The molecule has 1 aliphatic heterocycles. The summed E-state index contributed by atoms with van der Waals surface area (Å²) in [5.41, 5.74) is 0.191. The van der Waals surface area contributed by atoms with Crippen molar-refractivity contribution in [3.05, 3.63) is 29.8 Å². The number of benzene rings is 1. The molecule has 0 bridgehead atoms. The molecule has 0 aromatic heterocycles. The number of phenolic OH excluding ortho intramolecular Hbond substituents is 1. The summed E-state index contributed by atoms with van der Waals surface area (Å²) in [6.07, 6.45) is 1.69. The summed E-state index contributed by atoms with van der Waals surface area (Å²) >= 11 is 0. The Morgan fingerprint density at radius 3 is 3.06 bits per heavy atom. The molecule has 0 aliphatic carbocycles. The number of nitrogens with one attached hydrogen (secondary N) is 1. The van der Waals surface area contributed by atoms with Crippen molar-refractivity contribution in [2.75, 3.05) is 6.61 Å². The second-order valence-corrected chi connectivity index (χ2v) is 4.54. The zero-order valence-electron chi connectivity index (χ0n) is 9.90. The maximum atomic E-state index is 11.9. The second kappa shape index (κ2) is 4.75. The molecule has 1 aromatic carbocycles. The fraction of sp³-hybridized carbons (Fsp3) is 0.462. The number of carbonyl (C=O) groups excluding carboxylic acids is 1. The van der Waals surface area contributed by atoms with Crippen LogP contribution in [-0.2, 0) is 16.1 Å². The van der Waals surface area contributed by atoms with Gasteiger partial charge in [-0.1, -0.05) is 12.1 Å². The maximum absolute atomic E-state index is 11.9. The molecule has 1 amide bonds. The minimum absolute atomic E-state index is 0.0849. The molecule has 1 aromatic rings. The van der Waals surface area contributed by atoms with Crippen LogP contribution in [0.1, 0.15) is 25.3 Å². The predicted octanol–water partition coefficient (Wildman–Crippen LogP) is 1.58. The highest BCUT2D eigenvalue weighted by Crippen LogP contribution is 2.25. The molecule has 92 valence electrons. The summed E-state index contributed by atoms with van der Waals surface area (Å²) in [7, 11) is 0. The van der Waals surface area contributed by atoms with E-state index in [0.717, 1.165) is 18.4 Å². The highest BCUT2D eigenvalue weighted by atomic mass is 16.5. The average molecular weight is 235 g/mol. The van der Waals surface area contributed by atoms with Crippen molar-refractivity contribution >= 4 is 5.91 Å². The Bertz CT molecular complexity index is 411. The van der Waals surface area contributed by atoms with E-state index < -0.39 is 5.60 Å². The third-order valence-corrected chi connectivity index (χ3v) is 3.06. The molecule has 1 fully saturated rings. The Balaban J connectivity index is 1.92. The molecule has 1 heterocycles. The minimum Gasteiger partial charge on any atom is -0.508 e. The van der Waals surface area contributed by atoms with Crippen molar-refractivity contribution in [1.29, 1.82) is 0 Å². The van der Waals surface area contributed by atoms with E-state index >= 15 is 0 Å². The van der Waals surface area contributed by atoms with Gasteiger partial charge in [0.15, 0.2) is 0 Å². The van der Waals surface area contributed by atoms with Gasteiger partial charge in [0.1, 0.15) is 11.4 Å². The standard InChI is InChI=1S/C13H17NO3/c1-13(6-3-7-17-13)12(16)14-9-10-4-2-5-11(15)8-10/h2,4-5,8,15H,3,6-7,9H2,1H3,(H,14,16). The van der Waals surface area contributed by atoms with E-state index in [4.69, 9.17) is 4.74 Å². The van der Waals surface area contributed by atoms with Crippen LogP contribution in [0.5, 0.6) is 5.75 Å². The summed E-state index contributed by atoms with van der Waals surface area (Å²) in [6, 6.07) is 6.85. The first-order valence-electron chi connectivity index (χ1n) is 5.80. The Kier molecular flexibility index (Phi) is 3.33. The van der Waals surface area contributed by atoms with Gasteiger partial charge < -0.3 is 15.2 Å². The Morgan fingerprint density at radius 1 is 1.59 bits per heavy atom. The van der Waals surface area contributed by atoms with E-state index in [1.807, 2.05) is 13.0 Å². The van der Waals surface area contributed by atoms with Gasteiger partial charge in [-0.15, -0.1) is 0 Å². The van der Waals surface area contributed by atoms with Crippen molar-refractivity contribution in [3.63, 3.8) is 0 Å². The van der Waals surface area contributed by atoms with Gasteiger partial charge in [0, 0.05) is 13.2 Å². The Morgan fingerprint density at radius 2 is 2.41 bits per heavy atom. The van der Waals surface area contributed by atoms with Gasteiger partial charge in [-0.25, -0.2) is 0 Å². The number of rotatable bonds is 3. The number of ether oxygens (including phenoxy) is 1. The van der Waals surface area contributed by atoms with E-state index in [9.17, 15) is 9.90 Å². The molecule has 1 saturated heterocycles. The number of carbonyl (C=O) groups is 1. The van der Waals surface area contributed by atoms with Gasteiger partial charge in [0.2, 0.25) is 0 Å². The Labute approximate surface area is 101 Å². The molecule has 0 radical (unpaired) electrons. The van der Waals surface area contributed by atoms with Crippen LogP contribution in [0.3, 0.4) is 0 Å². The van der Waals surface area contributed by atoms with Crippen LogP contribution in [-0.4, -0.2) is 23.2 Å². The van der Waals surface area contributed by atoms with Gasteiger partial charge in [-0.3, -0.25) is 4.79 Å². The third-order valence-electron chi connectivity index (χ3n) is 3.06. The molecule has 4 heteroatoms. The summed E-state index contributed by atoms with van der Waals surface area (Å²) in [6.45, 7) is 2.88. The third kappa shape index (κ3) is 2.77. The summed E-state index contributed by atoms with van der Waals surface area (Å²) in [5, 5.41) is 12.1. The van der Waals surface area contributed by atoms with Crippen LogP contribution in [0.2, 0.25) is 0 Å². The molecule has 1 unspecified atom stereocenters. The zero-order valence-corrected chi connectivity index (χ0v) is 9.90. The van der Waals surface area contributed by atoms with E-state index in [1.165, 1.54) is 0 Å². The lowest BCUT2D eigenvalue weighted by atomic mass is 10.0. The smallest absolute Gasteiger partial charge is 0.252 e. The molecule has 0 spiro atoms. The first-order valence-corrected chi connectivity index (χ1v) is 5.80. The monoisotopic (exact) mass is 235 g/mol. The number of phenols is 1. The van der Waals surface area contributed by atoms with Crippen molar-refractivity contribution in [2.45, 2.75) is 31.9 Å². The molecule has 1 atom stereocenters. The van der Waals surface area contributed by atoms with Crippen LogP contribution < -0.4 is 5.32 Å². The van der Waals surface area contributed by atoms with Crippen molar-refractivity contribution in [3.8, 4) is 5.75 Å². The van der Waals surface area contributed by atoms with Crippen LogP contribution in [0.25, 0.3) is 0 Å². The van der Waals surface area contributed by atoms with Gasteiger partial charge >= 0.3 is 0 Å². The lowest BCUT2D eigenvalue weighted by Crippen LogP contribution is -2.43. The van der Waals surface area contributed by atoms with E-state index in [0.29, 0.717) is 13.2 Å². The second-order valence-electron chi connectivity index (χ2n) is 4.54. The zero-order chi connectivity index (χ0) is 12.3. The van der Waals surface area contributed by atoms with Crippen LogP contribution in [0.4, 0.5) is 0 Å². The summed E-state index contributed by atoms with van der Waals surface area (Å²) in [4.78, 5) is 11.9. The van der Waals surface area contributed by atoms with Gasteiger partial charge in [0.25, 0.3) is 5.91 Å². The molecular weight excluding hydrogens is 218 g/mol. The van der Waals surface area contributed by atoms with Gasteiger partial charge in [0.05, 0.1) is 0 Å². The van der Waals surface area contributed by atoms with E-state index in [2.05, 4.69) is 5.32 Å². The fourth-order valence-corrected chi connectivity index (χ4v) is 1.99. The van der Waals surface area contributed by atoms with Gasteiger partial charge in [-0.05, 0) is 37.5 Å². The quantitative estimate of drug-likeness (QED) is 0.836. The first kappa shape index (κ1) is 11.9. The lowest BCUT2D eigenvalue weighted by molar-refractivity contribution is -0.139. The number of hydrogen-bond acceptors (Lipinski definition) is 3. The minimum atomic E-state index is -0.684. The van der Waals surface area contributed by atoms with Crippen LogP contribution in [0.15, 0.2) is 24.3 Å².